The molecule has 0 radical (unpaired) electrons. The molecule has 4 rings (SSSR count). The smallest absolute Gasteiger partial charge is 0.170 e. The Kier molecular flexibility index (Phi) is 3.05. The fourth-order valence-corrected chi connectivity index (χ4v) is 3.36. The van der Waals surface area contributed by atoms with Crippen LogP contribution in [0.2, 0.25) is 0 Å². The number of hydrogen-bond donors (Lipinski definition) is 1. The molecule has 0 saturated heterocycles. The van der Waals surface area contributed by atoms with E-state index in [0.717, 1.165) is 40.9 Å². The first-order chi connectivity index (χ1) is 10.2. The Hall–Kier alpha value is -1.72. The third kappa shape index (κ3) is 2.08. The molecule has 0 bridgehead atoms. The van der Waals surface area contributed by atoms with E-state index in [0.29, 0.717) is 0 Å². The number of nitrogens with zero attached hydrogens (tertiary/aromatic N) is 3. The van der Waals surface area contributed by atoms with E-state index in [4.69, 9.17) is 5.10 Å². The van der Waals surface area contributed by atoms with Crippen LogP contribution in [-0.4, -0.2) is 21.1 Å². The van der Waals surface area contributed by atoms with Gasteiger partial charge in [0, 0.05) is 36.8 Å². The third-order valence-electron chi connectivity index (χ3n) is 3.95. The molecule has 1 aliphatic heterocycles. The van der Waals surface area contributed by atoms with Gasteiger partial charge < -0.3 is 5.32 Å². The average Bonchev–Trinajstić information content (AvgIpc) is 2.86. The summed E-state index contributed by atoms with van der Waals surface area (Å²) in [6, 6.07) is 8.43. The quantitative estimate of drug-likeness (QED) is 0.738. The van der Waals surface area contributed by atoms with Gasteiger partial charge in [-0.3, -0.25) is 0 Å². The van der Waals surface area contributed by atoms with Gasteiger partial charge in [0.15, 0.2) is 5.65 Å². The normalized spacial score (nSPS) is 14.4. The van der Waals surface area contributed by atoms with Crippen molar-refractivity contribution in [3.05, 3.63) is 51.8 Å². The Balaban J connectivity index is 1.95. The summed E-state index contributed by atoms with van der Waals surface area (Å²) in [5.41, 5.74) is 6.71. The highest BCUT2D eigenvalue weighted by atomic mass is 79.9. The second kappa shape index (κ2) is 4.93. The molecule has 4 nitrogen and oxygen atoms in total. The molecule has 1 aliphatic rings. The Morgan fingerprint density at radius 3 is 2.86 bits per heavy atom. The SMILES string of the molecule is Cc1ccc(-c2nn3c4c(cnc3c2Br)CNCC4)cc1. The summed E-state index contributed by atoms with van der Waals surface area (Å²) in [4.78, 5) is 4.57. The molecule has 0 fully saturated rings. The van der Waals surface area contributed by atoms with E-state index >= 15 is 0 Å². The Morgan fingerprint density at radius 2 is 2.05 bits per heavy atom. The molecule has 106 valence electrons. The van der Waals surface area contributed by atoms with Crippen molar-refractivity contribution in [3.63, 3.8) is 0 Å². The van der Waals surface area contributed by atoms with E-state index in [9.17, 15) is 0 Å². The summed E-state index contributed by atoms with van der Waals surface area (Å²) in [5, 5.41) is 8.18. The molecule has 21 heavy (non-hydrogen) atoms. The lowest BCUT2D eigenvalue weighted by Crippen LogP contribution is -2.26. The second-order valence-corrected chi connectivity index (χ2v) is 6.21. The van der Waals surface area contributed by atoms with Crippen LogP contribution in [-0.2, 0) is 13.0 Å². The summed E-state index contributed by atoms with van der Waals surface area (Å²) in [5.74, 6) is 0. The van der Waals surface area contributed by atoms with Crippen molar-refractivity contribution in [1.29, 1.82) is 0 Å². The summed E-state index contributed by atoms with van der Waals surface area (Å²) >= 11 is 3.67. The highest BCUT2D eigenvalue weighted by Gasteiger charge is 2.19. The first kappa shape index (κ1) is 13.0. The van der Waals surface area contributed by atoms with E-state index in [1.54, 1.807) is 0 Å². The maximum Gasteiger partial charge on any atom is 0.170 e. The fraction of sp³-hybridized carbons (Fsp3) is 0.250. The molecule has 0 atom stereocenters. The maximum absolute atomic E-state index is 4.80. The van der Waals surface area contributed by atoms with Crippen molar-refractivity contribution in [2.24, 2.45) is 0 Å². The number of rotatable bonds is 1. The van der Waals surface area contributed by atoms with Gasteiger partial charge in [0.05, 0.1) is 10.2 Å². The van der Waals surface area contributed by atoms with E-state index in [1.165, 1.54) is 16.8 Å². The molecule has 3 aromatic rings. The number of fused-ring (bicyclic) bond motifs is 3. The minimum atomic E-state index is 0.871. The Morgan fingerprint density at radius 1 is 1.24 bits per heavy atom. The number of nitrogens with one attached hydrogen (secondary N) is 1. The minimum absolute atomic E-state index is 0.871. The van der Waals surface area contributed by atoms with E-state index in [-0.39, 0.29) is 0 Å². The lowest BCUT2D eigenvalue weighted by Gasteiger charge is -2.16. The lowest BCUT2D eigenvalue weighted by atomic mass is 10.1. The Bertz CT molecular complexity index is 820. The van der Waals surface area contributed by atoms with Gasteiger partial charge in [0.25, 0.3) is 0 Å². The van der Waals surface area contributed by atoms with Gasteiger partial charge in [-0.05, 0) is 22.9 Å². The van der Waals surface area contributed by atoms with Crippen LogP contribution < -0.4 is 5.32 Å². The van der Waals surface area contributed by atoms with Crippen molar-refractivity contribution in [1.82, 2.24) is 19.9 Å². The van der Waals surface area contributed by atoms with Gasteiger partial charge in [-0.15, -0.1) is 0 Å². The summed E-state index contributed by atoms with van der Waals surface area (Å²) in [6.45, 7) is 3.95. The number of aromatic nitrogens is 3. The zero-order valence-electron chi connectivity index (χ0n) is 11.7. The molecule has 0 aliphatic carbocycles. The van der Waals surface area contributed by atoms with Crippen molar-refractivity contribution in [3.8, 4) is 11.3 Å². The van der Waals surface area contributed by atoms with Crippen LogP contribution in [0.3, 0.4) is 0 Å². The molecule has 1 aromatic carbocycles. The van der Waals surface area contributed by atoms with Gasteiger partial charge in [0.2, 0.25) is 0 Å². The monoisotopic (exact) mass is 342 g/mol. The summed E-state index contributed by atoms with van der Waals surface area (Å²) < 4.78 is 2.96. The molecule has 0 saturated carbocycles. The van der Waals surface area contributed by atoms with Crippen LogP contribution in [0.25, 0.3) is 16.9 Å². The molecule has 2 aromatic heterocycles. The summed E-state index contributed by atoms with van der Waals surface area (Å²) in [6.07, 6.45) is 2.94. The highest BCUT2D eigenvalue weighted by Crippen LogP contribution is 2.31. The highest BCUT2D eigenvalue weighted by molar-refractivity contribution is 9.10. The topological polar surface area (TPSA) is 42.2 Å². The van der Waals surface area contributed by atoms with Gasteiger partial charge in [-0.25, -0.2) is 9.50 Å². The maximum atomic E-state index is 4.80. The van der Waals surface area contributed by atoms with Crippen LogP contribution in [0.4, 0.5) is 0 Å². The molecular formula is C16H15BrN4. The summed E-state index contributed by atoms with van der Waals surface area (Å²) in [7, 11) is 0. The van der Waals surface area contributed by atoms with E-state index < -0.39 is 0 Å². The van der Waals surface area contributed by atoms with Crippen molar-refractivity contribution >= 4 is 21.6 Å². The number of hydrogen-bond acceptors (Lipinski definition) is 3. The fourth-order valence-electron chi connectivity index (χ4n) is 2.78. The number of halogens is 1. The van der Waals surface area contributed by atoms with Crippen molar-refractivity contribution < 1.29 is 0 Å². The largest absolute Gasteiger partial charge is 0.312 e. The minimum Gasteiger partial charge on any atom is -0.312 e. The van der Waals surface area contributed by atoms with Crippen LogP contribution in [0.15, 0.2) is 34.9 Å². The first-order valence-electron chi connectivity index (χ1n) is 7.07. The Labute approximate surface area is 131 Å². The van der Waals surface area contributed by atoms with Crippen LogP contribution in [0, 0.1) is 6.92 Å². The molecule has 0 spiro atoms. The average molecular weight is 343 g/mol. The molecular weight excluding hydrogens is 328 g/mol. The number of benzene rings is 1. The molecule has 1 N–H and O–H groups in total. The number of aryl methyl sites for hydroxylation is 1. The van der Waals surface area contributed by atoms with E-state index in [1.807, 2.05) is 10.7 Å². The van der Waals surface area contributed by atoms with Crippen molar-refractivity contribution in [2.75, 3.05) is 6.54 Å². The van der Waals surface area contributed by atoms with Crippen LogP contribution in [0.5, 0.6) is 0 Å². The predicted molar refractivity (Wildman–Crippen MR) is 86.3 cm³/mol. The van der Waals surface area contributed by atoms with Gasteiger partial charge >= 0.3 is 0 Å². The molecule has 0 unspecified atom stereocenters. The van der Waals surface area contributed by atoms with Gasteiger partial charge in [-0.1, -0.05) is 29.8 Å². The van der Waals surface area contributed by atoms with Crippen LogP contribution in [0.1, 0.15) is 16.8 Å². The van der Waals surface area contributed by atoms with Gasteiger partial charge in [-0.2, -0.15) is 5.10 Å². The van der Waals surface area contributed by atoms with Crippen molar-refractivity contribution in [2.45, 2.75) is 19.9 Å². The molecule has 0 amide bonds. The van der Waals surface area contributed by atoms with Crippen LogP contribution >= 0.6 is 15.9 Å². The predicted octanol–water partition coefficient (Wildman–Crippen LogP) is 3.11. The molecule has 3 heterocycles. The second-order valence-electron chi connectivity index (χ2n) is 5.42. The lowest BCUT2D eigenvalue weighted by molar-refractivity contribution is 0.610. The standard InChI is InChI=1S/C16H15BrN4/c1-10-2-4-11(5-3-10)15-14(17)16-19-9-12-8-18-7-6-13(12)21(16)20-15/h2-5,9,18H,6-8H2,1H3. The molecule has 5 heteroatoms. The van der Waals surface area contributed by atoms with Gasteiger partial charge in [0.1, 0.15) is 5.69 Å². The zero-order valence-corrected chi connectivity index (χ0v) is 13.3. The zero-order chi connectivity index (χ0) is 14.4. The van der Waals surface area contributed by atoms with E-state index in [2.05, 4.69) is 57.4 Å². The first-order valence-corrected chi connectivity index (χ1v) is 7.86. The third-order valence-corrected chi connectivity index (χ3v) is 4.68.